The van der Waals surface area contributed by atoms with Gasteiger partial charge in [-0.05, 0) is 56.7 Å². The molecule has 1 atom stereocenters. The fourth-order valence-corrected chi connectivity index (χ4v) is 3.97. The number of aromatic carboxylic acids is 1. The number of rotatable bonds is 5. The van der Waals surface area contributed by atoms with Crippen LogP contribution in [0.1, 0.15) is 45.7 Å². The lowest BCUT2D eigenvalue weighted by molar-refractivity contribution is 0.0691. The Bertz CT molecular complexity index is 1540. The van der Waals surface area contributed by atoms with Crippen molar-refractivity contribution in [3.8, 4) is 17.3 Å². The van der Waals surface area contributed by atoms with Gasteiger partial charge in [0.15, 0.2) is 5.69 Å². The van der Waals surface area contributed by atoms with Gasteiger partial charge in [0.1, 0.15) is 10.8 Å². The maximum absolute atomic E-state index is 13.3. The molecule has 0 saturated carbocycles. The predicted octanol–water partition coefficient (Wildman–Crippen LogP) is 4.77. The molecule has 0 aliphatic rings. The lowest BCUT2D eigenvalue weighted by Crippen LogP contribution is -2.22. The van der Waals surface area contributed by atoms with Gasteiger partial charge in [0.25, 0.3) is 5.56 Å². The van der Waals surface area contributed by atoms with Gasteiger partial charge in [-0.1, -0.05) is 23.7 Å². The lowest BCUT2D eigenvalue weighted by Gasteiger charge is -2.20. The molecule has 4 rings (SSSR count). The summed E-state index contributed by atoms with van der Waals surface area (Å²) in [5, 5.41) is 21.8. The van der Waals surface area contributed by atoms with Crippen LogP contribution in [0.4, 0.5) is 5.69 Å². The van der Waals surface area contributed by atoms with Crippen LogP contribution in [0.5, 0.6) is 0 Å². The number of nitrogens with zero attached hydrogens (tertiary/aromatic N) is 4. The van der Waals surface area contributed by atoms with Gasteiger partial charge in [0.2, 0.25) is 0 Å². The number of carboxylic acids is 1. The highest BCUT2D eigenvalue weighted by atomic mass is 35.5. The standard InChI is InChI=1S/C25H20ClN5O3/c1-13-10-18(15(3)28-19-8-9-20(26)29-22(19)25(33)34)23-30-21(14(2)24(32)31(23)12-13)17-6-4-16(11-27)5-7-17/h4-10,12,15,28H,1-3H3,(H,33,34)/t15-/m1/s1. The summed E-state index contributed by atoms with van der Waals surface area (Å²) in [6.07, 6.45) is 1.73. The molecule has 0 spiro atoms. The van der Waals surface area contributed by atoms with E-state index in [0.29, 0.717) is 33.7 Å². The van der Waals surface area contributed by atoms with E-state index in [1.807, 2.05) is 19.9 Å². The number of nitrogens with one attached hydrogen (secondary N) is 1. The maximum atomic E-state index is 13.3. The fourth-order valence-electron chi connectivity index (χ4n) is 3.82. The molecule has 0 aliphatic carbocycles. The number of halogens is 1. The van der Waals surface area contributed by atoms with E-state index in [4.69, 9.17) is 21.8 Å². The molecule has 3 heterocycles. The Hall–Kier alpha value is -4.22. The Balaban J connectivity index is 1.88. The van der Waals surface area contributed by atoms with E-state index >= 15 is 0 Å². The third-order valence-electron chi connectivity index (χ3n) is 5.50. The predicted molar refractivity (Wildman–Crippen MR) is 129 cm³/mol. The van der Waals surface area contributed by atoms with E-state index in [1.54, 1.807) is 43.5 Å². The van der Waals surface area contributed by atoms with Gasteiger partial charge in [-0.15, -0.1) is 0 Å². The Morgan fingerprint density at radius 3 is 2.53 bits per heavy atom. The van der Waals surface area contributed by atoms with Gasteiger partial charge in [-0.2, -0.15) is 5.26 Å². The Morgan fingerprint density at radius 2 is 1.88 bits per heavy atom. The van der Waals surface area contributed by atoms with Crippen molar-refractivity contribution in [3.05, 3.63) is 92.1 Å². The zero-order valence-corrected chi connectivity index (χ0v) is 19.4. The zero-order valence-electron chi connectivity index (χ0n) is 18.6. The molecule has 34 heavy (non-hydrogen) atoms. The lowest BCUT2D eigenvalue weighted by atomic mass is 10.0. The average Bonchev–Trinajstić information content (AvgIpc) is 2.82. The zero-order chi connectivity index (χ0) is 24.6. The first-order chi connectivity index (χ1) is 16.2. The number of aromatic nitrogens is 3. The second-order valence-corrected chi connectivity index (χ2v) is 8.33. The molecular formula is C25H20ClN5O3. The quantitative estimate of drug-likeness (QED) is 0.400. The van der Waals surface area contributed by atoms with Crippen molar-refractivity contribution in [1.29, 1.82) is 5.26 Å². The Morgan fingerprint density at radius 1 is 1.18 bits per heavy atom. The minimum atomic E-state index is -1.21. The summed E-state index contributed by atoms with van der Waals surface area (Å²) in [4.78, 5) is 33.6. The van der Waals surface area contributed by atoms with Crippen molar-refractivity contribution in [2.24, 2.45) is 0 Å². The van der Waals surface area contributed by atoms with E-state index in [0.717, 1.165) is 11.1 Å². The molecule has 170 valence electrons. The van der Waals surface area contributed by atoms with Gasteiger partial charge in [0.05, 0.1) is 29.1 Å². The molecule has 0 amide bonds. The van der Waals surface area contributed by atoms with Gasteiger partial charge < -0.3 is 10.4 Å². The number of fused-ring (bicyclic) bond motifs is 1. The van der Waals surface area contributed by atoms with Crippen LogP contribution >= 0.6 is 11.6 Å². The number of pyridine rings is 2. The van der Waals surface area contributed by atoms with E-state index in [9.17, 15) is 14.7 Å². The summed E-state index contributed by atoms with van der Waals surface area (Å²) in [5.41, 5.74) is 4.12. The summed E-state index contributed by atoms with van der Waals surface area (Å²) in [6, 6.07) is 13.5. The van der Waals surface area contributed by atoms with Gasteiger partial charge >= 0.3 is 5.97 Å². The minimum absolute atomic E-state index is 0.0763. The number of carbonyl (C=O) groups is 1. The van der Waals surface area contributed by atoms with Crippen molar-refractivity contribution < 1.29 is 9.90 Å². The Kier molecular flexibility index (Phi) is 6.05. The topological polar surface area (TPSA) is 120 Å². The molecule has 9 heteroatoms. The first-order valence-corrected chi connectivity index (χ1v) is 10.8. The van der Waals surface area contributed by atoms with Crippen LogP contribution in [0, 0.1) is 25.2 Å². The van der Waals surface area contributed by atoms with Gasteiger partial charge in [-0.3, -0.25) is 9.20 Å². The number of carboxylic acid groups (broad SMARTS) is 1. The largest absolute Gasteiger partial charge is 0.476 e. The third-order valence-corrected chi connectivity index (χ3v) is 5.72. The van der Waals surface area contributed by atoms with Gasteiger partial charge in [-0.25, -0.2) is 14.8 Å². The Labute approximate surface area is 200 Å². The first kappa shape index (κ1) is 23.0. The summed E-state index contributed by atoms with van der Waals surface area (Å²) >= 11 is 5.87. The summed E-state index contributed by atoms with van der Waals surface area (Å²) in [6.45, 7) is 5.44. The fraction of sp³-hybridized carbons (Fsp3) is 0.160. The highest BCUT2D eigenvalue weighted by Crippen LogP contribution is 2.28. The molecular weight excluding hydrogens is 454 g/mol. The molecule has 1 aromatic carbocycles. The summed E-state index contributed by atoms with van der Waals surface area (Å²) in [5.74, 6) is -1.21. The van der Waals surface area contributed by atoms with Crippen LogP contribution in [0.3, 0.4) is 0 Å². The molecule has 0 radical (unpaired) electrons. The maximum Gasteiger partial charge on any atom is 0.356 e. The van der Waals surface area contributed by atoms with Crippen molar-refractivity contribution in [2.75, 3.05) is 5.32 Å². The van der Waals surface area contributed by atoms with Crippen LogP contribution in [0.25, 0.3) is 16.9 Å². The smallest absolute Gasteiger partial charge is 0.356 e. The van der Waals surface area contributed by atoms with Gasteiger partial charge in [0, 0.05) is 22.9 Å². The number of hydrogen-bond donors (Lipinski definition) is 2. The molecule has 2 N–H and O–H groups in total. The normalized spacial score (nSPS) is 11.7. The first-order valence-electron chi connectivity index (χ1n) is 10.4. The second kappa shape index (κ2) is 8.96. The van der Waals surface area contributed by atoms with Crippen LogP contribution in [0.2, 0.25) is 5.15 Å². The molecule has 0 aliphatic heterocycles. The monoisotopic (exact) mass is 473 g/mol. The summed E-state index contributed by atoms with van der Waals surface area (Å²) < 4.78 is 1.50. The van der Waals surface area contributed by atoms with E-state index in [2.05, 4.69) is 16.4 Å². The number of hydrogen-bond acceptors (Lipinski definition) is 6. The highest BCUT2D eigenvalue weighted by Gasteiger charge is 2.20. The second-order valence-electron chi connectivity index (χ2n) is 7.95. The van der Waals surface area contributed by atoms with Crippen molar-refractivity contribution in [1.82, 2.24) is 14.4 Å². The van der Waals surface area contributed by atoms with Crippen LogP contribution in [-0.4, -0.2) is 25.4 Å². The number of anilines is 1. The summed E-state index contributed by atoms with van der Waals surface area (Å²) in [7, 11) is 0. The van der Waals surface area contributed by atoms with Crippen LogP contribution in [-0.2, 0) is 0 Å². The number of benzene rings is 1. The minimum Gasteiger partial charge on any atom is -0.476 e. The third kappa shape index (κ3) is 4.21. The van der Waals surface area contributed by atoms with E-state index in [1.165, 1.54) is 10.5 Å². The molecule has 4 aromatic rings. The number of aryl methyl sites for hydroxylation is 1. The van der Waals surface area contributed by atoms with E-state index in [-0.39, 0.29) is 16.4 Å². The molecule has 0 unspecified atom stereocenters. The van der Waals surface area contributed by atoms with Crippen molar-refractivity contribution >= 4 is 28.9 Å². The molecule has 0 saturated heterocycles. The van der Waals surface area contributed by atoms with Crippen LogP contribution in [0.15, 0.2) is 53.5 Å². The average molecular weight is 474 g/mol. The molecule has 0 fully saturated rings. The van der Waals surface area contributed by atoms with E-state index < -0.39 is 12.0 Å². The highest BCUT2D eigenvalue weighted by molar-refractivity contribution is 6.29. The SMILES string of the molecule is Cc1cc([C@@H](C)Nc2ccc(Cl)nc2C(=O)O)c2nc(-c3ccc(C#N)cc3)c(C)c(=O)n2c1. The van der Waals surface area contributed by atoms with Crippen LogP contribution < -0.4 is 10.9 Å². The molecule has 8 nitrogen and oxygen atoms in total. The molecule has 0 bridgehead atoms. The molecule has 3 aromatic heterocycles. The van der Waals surface area contributed by atoms with Crippen molar-refractivity contribution in [3.63, 3.8) is 0 Å². The van der Waals surface area contributed by atoms with Crippen molar-refractivity contribution in [2.45, 2.75) is 26.8 Å². The number of nitriles is 1.